The van der Waals surface area contributed by atoms with Gasteiger partial charge in [-0.3, -0.25) is 14.4 Å². The predicted molar refractivity (Wildman–Crippen MR) is 303 cm³/mol. The van der Waals surface area contributed by atoms with Gasteiger partial charge in [-0.15, -0.1) is 0 Å². The van der Waals surface area contributed by atoms with Crippen molar-refractivity contribution in [3.05, 3.63) is 0 Å². The first-order valence-electron chi connectivity index (χ1n) is 31.7. The van der Waals surface area contributed by atoms with E-state index in [2.05, 4.69) is 41.5 Å². The minimum absolute atomic E-state index is 0.0629. The molecule has 6 nitrogen and oxygen atoms in total. The van der Waals surface area contributed by atoms with Crippen molar-refractivity contribution in [3.8, 4) is 0 Å². The summed E-state index contributed by atoms with van der Waals surface area (Å²) in [6.07, 6.45) is 59.5. The van der Waals surface area contributed by atoms with Gasteiger partial charge < -0.3 is 14.2 Å². The molecule has 0 aliphatic carbocycles. The largest absolute Gasteiger partial charge is 0.462 e. The van der Waals surface area contributed by atoms with Gasteiger partial charge in [0.2, 0.25) is 0 Å². The first-order valence-corrected chi connectivity index (χ1v) is 31.7. The van der Waals surface area contributed by atoms with Crippen LogP contribution in [0.4, 0.5) is 0 Å². The molecule has 0 N–H and O–H groups in total. The van der Waals surface area contributed by atoms with Crippen LogP contribution in [-0.4, -0.2) is 37.2 Å². The van der Waals surface area contributed by atoms with Gasteiger partial charge in [0.15, 0.2) is 6.10 Å². The van der Waals surface area contributed by atoms with E-state index in [1.807, 2.05) is 0 Å². The summed E-state index contributed by atoms with van der Waals surface area (Å²) in [5.41, 5.74) is 0. The number of hydrogen-bond donors (Lipinski definition) is 0. The summed E-state index contributed by atoms with van der Waals surface area (Å²) in [5, 5.41) is 0. The van der Waals surface area contributed by atoms with Gasteiger partial charge in [-0.2, -0.15) is 0 Å². The maximum Gasteiger partial charge on any atom is 0.306 e. The zero-order valence-corrected chi connectivity index (χ0v) is 48.3. The molecule has 0 fully saturated rings. The Labute approximate surface area is 438 Å². The van der Waals surface area contributed by atoms with Gasteiger partial charge in [0.1, 0.15) is 13.2 Å². The van der Waals surface area contributed by atoms with E-state index in [1.165, 1.54) is 238 Å². The minimum Gasteiger partial charge on any atom is -0.462 e. The standard InChI is InChI=1S/C64H124O6/c1-7-59(5)51-45-39-33-27-21-17-13-11-9-10-12-14-18-22-29-35-41-47-53-62(65)68-56-61(57-69-63(66)54-48-42-36-30-25-24-28-34-40-46-52-60(6)8-2)70-64(67)55-49-43-37-31-23-19-15-16-20-26-32-38-44-50-58(3)4/h58-61H,7-57H2,1-6H3/t59?,60?,61-/m1/s1. The van der Waals surface area contributed by atoms with E-state index in [0.29, 0.717) is 19.3 Å². The normalized spacial score (nSPS) is 12.9. The molecular weight excluding hydrogens is 865 g/mol. The van der Waals surface area contributed by atoms with Gasteiger partial charge in [0, 0.05) is 19.3 Å². The molecule has 0 bridgehead atoms. The van der Waals surface area contributed by atoms with Crippen molar-refractivity contribution < 1.29 is 28.6 Å². The SMILES string of the molecule is CCC(C)CCCCCCCCCCCCCCCCCCCCC(=O)OC[C@H](COC(=O)CCCCCCCCCCCCC(C)CC)OC(=O)CCCCCCCCCCCCCCCC(C)C. The Hall–Kier alpha value is -1.59. The fraction of sp³-hybridized carbons (Fsp3) is 0.953. The molecule has 0 aromatic carbocycles. The second kappa shape index (κ2) is 55.2. The van der Waals surface area contributed by atoms with Crippen molar-refractivity contribution in [3.63, 3.8) is 0 Å². The molecule has 0 heterocycles. The van der Waals surface area contributed by atoms with Crippen molar-refractivity contribution >= 4 is 17.9 Å². The van der Waals surface area contributed by atoms with Crippen LogP contribution in [0.15, 0.2) is 0 Å². The Balaban J connectivity index is 4.26. The fourth-order valence-electron chi connectivity index (χ4n) is 9.82. The number of esters is 3. The van der Waals surface area contributed by atoms with E-state index in [9.17, 15) is 14.4 Å². The first kappa shape index (κ1) is 68.4. The second-order valence-corrected chi connectivity index (χ2v) is 23.0. The molecule has 0 aromatic heterocycles. The second-order valence-electron chi connectivity index (χ2n) is 23.0. The van der Waals surface area contributed by atoms with Crippen LogP contribution in [0.25, 0.3) is 0 Å². The van der Waals surface area contributed by atoms with E-state index in [1.54, 1.807) is 0 Å². The molecule has 0 spiro atoms. The summed E-state index contributed by atoms with van der Waals surface area (Å²) >= 11 is 0. The molecule has 0 saturated heterocycles. The average Bonchev–Trinajstić information content (AvgIpc) is 3.35. The third kappa shape index (κ3) is 54.2. The van der Waals surface area contributed by atoms with Gasteiger partial charge in [0.25, 0.3) is 0 Å². The molecule has 0 rings (SSSR count). The highest BCUT2D eigenvalue weighted by Crippen LogP contribution is 2.20. The molecule has 6 heteroatoms. The zero-order chi connectivity index (χ0) is 51.2. The average molecular weight is 990 g/mol. The molecule has 0 aliphatic heterocycles. The lowest BCUT2D eigenvalue weighted by molar-refractivity contribution is -0.167. The predicted octanol–water partition coefficient (Wildman–Crippen LogP) is 21.1. The fourth-order valence-corrected chi connectivity index (χ4v) is 9.82. The molecule has 0 aliphatic rings. The topological polar surface area (TPSA) is 78.9 Å². The van der Waals surface area contributed by atoms with Crippen molar-refractivity contribution in [2.45, 2.75) is 362 Å². The number of carbonyl (C=O) groups is 3. The third-order valence-electron chi connectivity index (χ3n) is 15.4. The molecule has 70 heavy (non-hydrogen) atoms. The Morgan fingerprint density at radius 1 is 0.286 bits per heavy atom. The summed E-state index contributed by atoms with van der Waals surface area (Å²) in [4.78, 5) is 38.3. The van der Waals surface area contributed by atoms with E-state index < -0.39 is 6.10 Å². The van der Waals surface area contributed by atoms with Crippen molar-refractivity contribution in [1.82, 2.24) is 0 Å². The quantitative estimate of drug-likeness (QED) is 0.0343. The van der Waals surface area contributed by atoms with E-state index in [4.69, 9.17) is 14.2 Å². The van der Waals surface area contributed by atoms with Crippen LogP contribution < -0.4 is 0 Å². The Morgan fingerprint density at radius 3 is 0.743 bits per heavy atom. The Bertz CT molecular complexity index is 1090. The minimum atomic E-state index is -0.764. The lowest BCUT2D eigenvalue weighted by Crippen LogP contribution is -2.30. The van der Waals surface area contributed by atoms with Crippen LogP contribution in [0, 0.1) is 17.8 Å². The maximum absolute atomic E-state index is 12.9. The smallest absolute Gasteiger partial charge is 0.306 e. The van der Waals surface area contributed by atoms with E-state index >= 15 is 0 Å². The summed E-state index contributed by atoms with van der Waals surface area (Å²) in [5.74, 6) is 1.78. The summed E-state index contributed by atoms with van der Waals surface area (Å²) in [6.45, 7) is 13.9. The molecule has 0 amide bonds. The lowest BCUT2D eigenvalue weighted by atomic mass is 9.99. The molecule has 2 unspecified atom stereocenters. The van der Waals surface area contributed by atoms with Gasteiger partial charge in [-0.25, -0.2) is 0 Å². The zero-order valence-electron chi connectivity index (χ0n) is 48.3. The monoisotopic (exact) mass is 989 g/mol. The van der Waals surface area contributed by atoms with E-state index in [0.717, 1.165) is 75.5 Å². The van der Waals surface area contributed by atoms with E-state index in [-0.39, 0.29) is 31.1 Å². The van der Waals surface area contributed by atoms with Gasteiger partial charge in [0.05, 0.1) is 0 Å². The number of hydrogen-bond acceptors (Lipinski definition) is 6. The Kier molecular flexibility index (Phi) is 53.9. The Morgan fingerprint density at radius 2 is 0.500 bits per heavy atom. The highest BCUT2D eigenvalue weighted by molar-refractivity contribution is 5.71. The van der Waals surface area contributed by atoms with Gasteiger partial charge >= 0.3 is 17.9 Å². The van der Waals surface area contributed by atoms with Crippen LogP contribution >= 0.6 is 0 Å². The van der Waals surface area contributed by atoms with Crippen molar-refractivity contribution in [1.29, 1.82) is 0 Å². The highest BCUT2D eigenvalue weighted by Gasteiger charge is 2.19. The van der Waals surface area contributed by atoms with Crippen LogP contribution in [0.5, 0.6) is 0 Å². The number of rotatable bonds is 57. The lowest BCUT2D eigenvalue weighted by Gasteiger charge is -2.18. The van der Waals surface area contributed by atoms with Crippen molar-refractivity contribution in [2.75, 3.05) is 13.2 Å². The highest BCUT2D eigenvalue weighted by atomic mass is 16.6. The van der Waals surface area contributed by atoms with Crippen molar-refractivity contribution in [2.24, 2.45) is 17.8 Å². The first-order chi connectivity index (χ1) is 34.2. The summed E-state index contributed by atoms with van der Waals surface area (Å²) in [7, 11) is 0. The van der Waals surface area contributed by atoms with Gasteiger partial charge in [-0.1, -0.05) is 318 Å². The van der Waals surface area contributed by atoms with Crippen LogP contribution in [0.3, 0.4) is 0 Å². The summed E-state index contributed by atoms with van der Waals surface area (Å²) in [6, 6.07) is 0. The number of unbranched alkanes of at least 4 members (excludes halogenated alkanes) is 38. The third-order valence-corrected chi connectivity index (χ3v) is 15.4. The van der Waals surface area contributed by atoms with Crippen LogP contribution in [-0.2, 0) is 28.6 Å². The number of ether oxygens (including phenoxy) is 3. The molecule has 416 valence electrons. The number of carbonyl (C=O) groups excluding carboxylic acids is 3. The molecule has 0 saturated carbocycles. The molecule has 0 aromatic rings. The molecular formula is C64H124O6. The van der Waals surface area contributed by atoms with Crippen LogP contribution in [0.2, 0.25) is 0 Å². The molecule has 3 atom stereocenters. The molecule has 0 radical (unpaired) electrons. The summed E-state index contributed by atoms with van der Waals surface area (Å²) < 4.78 is 16.9. The van der Waals surface area contributed by atoms with Crippen LogP contribution in [0.1, 0.15) is 356 Å². The van der Waals surface area contributed by atoms with Gasteiger partial charge in [-0.05, 0) is 37.0 Å². The maximum atomic E-state index is 12.9.